The van der Waals surface area contributed by atoms with Crippen LogP contribution in [0.1, 0.15) is 93.1 Å². The molecule has 1 saturated heterocycles. The Hall–Kier alpha value is -2.47. The van der Waals surface area contributed by atoms with Crippen LogP contribution in [0.25, 0.3) is 0 Å². The van der Waals surface area contributed by atoms with E-state index in [1.54, 1.807) is 25.1 Å². The van der Waals surface area contributed by atoms with Crippen molar-refractivity contribution in [3.05, 3.63) is 58.1 Å². The third kappa shape index (κ3) is 8.37. The molecule has 8 nitrogen and oxygen atoms in total. The molecule has 5 atom stereocenters. The number of aliphatic hydroxyl groups is 1. The van der Waals surface area contributed by atoms with Gasteiger partial charge in [-0.2, -0.15) is 0 Å². The second-order valence-corrected chi connectivity index (χ2v) is 17.5. The van der Waals surface area contributed by atoms with Crippen molar-refractivity contribution in [1.82, 2.24) is 9.62 Å². The number of piperidine rings is 1. The molecule has 0 aromatic heterocycles. The second-order valence-electron chi connectivity index (χ2n) is 15.0. The summed E-state index contributed by atoms with van der Waals surface area (Å²) in [5.74, 6) is -2.93. The second kappa shape index (κ2) is 14.6. The highest BCUT2D eigenvalue weighted by Gasteiger charge is 2.48. The first-order valence-electron chi connectivity index (χ1n) is 17.9. The summed E-state index contributed by atoms with van der Waals surface area (Å²) in [6, 6.07) is 10.9. The number of alkyl halides is 2. The van der Waals surface area contributed by atoms with Gasteiger partial charge in [0.05, 0.1) is 16.5 Å². The topological polar surface area (TPSA) is 99.2 Å². The molecule has 0 unspecified atom stereocenters. The molecule has 6 rings (SSSR count). The van der Waals surface area contributed by atoms with Gasteiger partial charge < -0.3 is 19.6 Å². The minimum atomic E-state index is -4.00. The minimum absolute atomic E-state index is 0.0419. The molecule has 2 aromatic rings. The molecular weight excluding hydrogens is 672 g/mol. The molecule has 2 N–H and O–H groups in total. The van der Waals surface area contributed by atoms with Gasteiger partial charge in [-0.25, -0.2) is 21.9 Å². The number of rotatable bonds is 2. The number of sulfonamides is 1. The number of aryl methyl sites for hydroxylation is 1. The van der Waals surface area contributed by atoms with E-state index in [1.165, 1.54) is 0 Å². The summed E-state index contributed by atoms with van der Waals surface area (Å²) in [5.41, 5.74) is 2.02. The Morgan fingerprint density at radius 2 is 1.76 bits per heavy atom. The van der Waals surface area contributed by atoms with Gasteiger partial charge in [0.25, 0.3) is 11.8 Å². The molecule has 0 spiro atoms. The first-order valence-corrected chi connectivity index (χ1v) is 19.8. The van der Waals surface area contributed by atoms with Crippen LogP contribution < -0.4 is 14.4 Å². The number of hydrogen-bond donors (Lipinski definition) is 2. The van der Waals surface area contributed by atoms with Gasteiger partial charge in [-0.1, -0.05) is 31.0 Å². The summed E-state index contributed by atoms with van der Waals surface area (Å²) in [4.78, 5) is 17.7. The smallest absolute Gasteiger partial charge is 0.264 e. The zero-order chi connectivity index (χ0) is 35.0. The van der Waals surface area contributed by atoms with Crippen LogP contribution >= 0.6 is 11.6 Å². The number of likely N-dealkylation sites (tertiary alicyclic amines) is 1. The van der Waals surface area contributed by atoms with E-state index in [0.717, 1.165) is 43.2 Å². The van der Waals surface area contributed by atoms with Crippen molar-refractivity contribution in [2.24, 2.45) is 17.8 Å². The van der Waals surface area contributed by atoms with Crippen LogP contribution in [-0.2, 0) is 23.1 Å². The van der Waals surface area contributed by atoms with E-state index in [1.807, 2.05) is 30.0 Å². The Bertz CT molecular complexity index is 1620. The predicted molar refractivity (Wildman–Crippen MR) is 188 cm³/mol. The van der Waals surface area contributed by atoms with Crippen molar-refractivity contribution < 1.29 is 31.8 Å². The molecule has 1 aliphatic carbocycles. The number of hydrogen-bond acceptors (Lipinski definition) is 7. The fourth-order valence-corrected chi connectivity index (χ4v) is 9.72. The van der Waals surface area contributed by atoms with E-state index in [9.17, 15) is 27.1 Å². The molecule has 2 fully saturated rings. The Morgan fingerprint density at radius 1 is 0.980 bits per heavy atom. The number of carbonyl (C=O) groups is 1. The fraction of sp³-hybridized carbons (Fsp3) is 0.649. The average molecular weight is 722 g/mol. The quantitative estimate of drug-likeness (QED) is 0.351. The van der Waals surface area contributed by atoms with Crippen molar-refractivity contribution in [2.75, 3.05) is 37.6 Å². The van der Waals surface area contributed by atoms with Gasteiger partial charge in [0.15, 0.2) is 0 Å². The van der Waals surface area contributed by atoms with E-state index in [4.69, 9.17) is 16.3 Å². The number of nitrogens with one attached hydrogen (secondary N) is 1. The first-order chi connectivity index (χ1) is 23.2. The highest BCUT2D eigenvalue weighted by atomic mass is 35.5. The number of benzene rings is 2. The number of amides is 1. The van der Waals surface area contributed by atoms with E-state index < -0.39 is 32.7 Å². The molecule has 1 amide bonds. The number of fused-ring (bicyclic) bond motifs is 3. The molecule has 4 aliphatic rings. The molecule has 3 heterocycles. The van der Waals surface area contributed by atoms with Crippen molar-refractivity contribution in [2.45, 2.75) is 101 Å². The van der Waals surface area contributed by atoms with Gasteiger partial charge >= 0.3 is 0 Å². The molecule has 0 radical (unpaired) electrons. The van der Waals surface area contributed by atoms with Crippen molar-refractivity contribution >= 4 is 33.2 Å². The van der Waals surface area contributed by atoms with Crippen LogP contribution in [0.4, 0.5) is 14.5 Å². The molecule has 1 saturated carbocycles. The SMILES string of the molecule is C[C@@H]1[C@@H](C)CCC[C@](O)(CN2CCC(F)(F)CC2)[C@@H]2CC[C@H]2CN2CCCCc3cc(Cl)ccc3COc3ccc(cc32)C(=O)NS1(=O)=O. The van der Waals surface area contributed by atoms with E-state index in [-0.39, 0.29) is 49.2 Å². The maximum Gasteiger partial charge on any atom is 0.264 e. The monoisotopic (exact) mass is 721 g/mol. The van der Waals surface area contributed by atoms with Gasteiger partial charge in [0.2, 0.25) is 10.0 Å². The largest absolute Gasteiger partial charge is 0.487 e. The Morgan fingerprint density at radius 3 is 2.49 bits per heavy atom. The first kappa shape index (κ1) is 36.3. The third-order valence-electron chi connectivity index (χ3n) is 11.7. The fourth-order valence-electron chi connectivity index (χ4n) is 8.22. The van der Waals surface area contributed by atoms with Crippen LogP contribution in [0.15, 0.2) is 36.4 Å². The maximum absolute atomic E-state index is 14.1. The lowest BCUT2D eigenvalue weighted by atomic mass is 9.62. The number of β-amino-alcohol motifs (C(OH)–C–C–N with tert-alkyl or cyclic N) is 1. The van der Waals surface area contributed by atoms with Crippen LogP contribution in [0.2, 0.25) is 5.02 Å². The Labute approximate surface area is 294 Å². The zero-order valence-corrected chi connectivity index (χ0v) is 30.2. The third-order valence-corrected chi connectivity index (χ3v) is 13.8. The van der Waals surface area contributed by atoms with E-state index >= 15 is 0 Å². The summed E-state index contributed by atoms with van der Waals surface area (Å²) < 4.78 is 63.7. The zero-order valence-electron chi connectivity index (χ0n) is 28.6. The van der Waals surface area contributed by atoms with Gasteiger partial charge in [-0.3, -0.25) is 4.79 Å². The molecule has 3 aliphatic heterocycles. The Balaban J connectivity index is 1.36. The average Bonchev–Trinajstić information content (AvgIpc) is 3.06. The summed E-state index contributed by atoms with van der Waals surface area (Å²) >= 11 is 6.34. The van der Waals surface area contributed by atoms with Crippen LogP contribution in [0.3, 0.4) is 0 Å². The number of carbonyl (C=O) groups excluding carboxylic acids is 1. The molecule has 2 bridgehead atoms. The lowest BCUT2D eigenvalue weighted by Crippen LogP contribution is -2.57. The summed E-state index contributed by atoms with van der Waals surface area (Å²) in [7, 11) is -4.00. The lowest BCUT2D eigenvalue weighted by molar-refractivity contribution is -0.122. The molecule has 2 aromatic carbocycles. The lowest BCUT2D eigenvalue weighted by Gasteiger charge is -2.51. The van der Waals surface area contributed by atoms with Crippen molar-refractivity contribution in [3.63, 3.8) is 0 Å². The molecular formula is C37H50ClF2N3O5S. The number of halogens is 3. The van der Waals surface area contributed by atoms with Crippen molar-refractivity contribution in [3.8, 4) is 5.75 Å². The van der Waals surface area contributed by atoms with Crippen LogP contribution in [-0.4, -0.2) is 73.8 Å². The van der Waals surface area contributed by atoms with Gasteiger partial charge in [0, 0.05) is 56.2 Å². The van der Waals surface area contributed by atoms with E-state index in [2.05, 4.69) is 9.62 Å². The number of anilines is 1. The van der Waals surface area contributed by atoms with E-state index in [0.29, 0.717) is 62.0 Å². The predicted octanol–water partition coefficient (Wildman–Crippen LogP) is 6.82. The summed E-state index contributed by atoms with van der Waals surface area (Å²) in [6.45, 7) is 5.88. The number of nitrogens with zero attached hydrogens (tertiary/aromatic N) is 2. The standard InChI is InChI=1S/C37H50ClF2N3O5S/c1-25-6-5-14-36(45,24-42-18-15-37(39,40)16-19-42)32-12-9-29(32)22-43-17-4-3-7-27-20-31(38)11-8-30(27)23-48-34-13-10-28(21-33(34)43)35(44)41-49(46,47)26(25)2/h8,10-11,13,20-21,25-26,29,32,45H,3-7,9,12,14-19,22-24H2,1-2H3,(H,41,44)/t25-,26+,29-,32+,36-/m0/s1. The summed E-state index contributed by atoms with van der Waals surface area (Å²) in [6.07, 6.45) is 5.53. The molecule has 12 heteroatoms. The van der Waals surface area contributed by atoms with Gasteiger partial charge in [0.1, 0.15) is 12.4 Å². The van der Waals surface area contributed by atoms with Gasteiger partial charge in [-0.05, 0) is 111 Å². The normalized spacial score (nSPS) is 31.1. The highest BCUT2D eigenvalue weighted by Crippen LogP contribution is 2.47. The highest BCUT2D eigenvalue weighted by molar-refractivity contribution is 7.90. The number of ether oxygens (including phenoxy) is 1. The van der Waals surface area contributed by atoms with Crippen LogP contribution in [0, 0.1) is 17.8 Å². The molecule has 270 valence electrons. The summed E-state index contributed by atoms with van der Waals surface area (Å²) in [5, 5.41) is 12.3. The Kier molecular flexibility index (Phi) is 10.9. The van der Waals surface area contributed by atoms with Gasteiger partial charge in [-0.15, -0.1) is 0 Å². The van der Waals surface area contributed by atoms with Crippen LogP contribution in [0.5, 0.6) is 5.75 Å². The minimum Gasteiger partial charge on any atom is -0.487 e. The maximum atomic E-state index is 14.1. The van der Waals surface area contributed by atoms with Crippen molar-refractivity contribution in [1.29, 1.82) is 0 Å². The molecule has 49 heavy (non-hydrogen) atoms.